The fourth-order valence-corrected chi connectivity index (χ4v) is 5.58. The van der Waals surface area contributed by atoms with Gasteiger partial charge in [-0.1, -0.05) is 60.7 Å². The molecule has 32 heavy (non-hydrogen) atoms. The van der Waals surface area contributed by atoms with Gasteiger partial charge >= 0.3 is 7.12 Å². The van der Waals surface area contributed by atoms with Crippen LogP contribution in [0.15, 0.2) is 66.8 Å². The van der Waals surface area contributed by atoms with Crippen molar-refractivity contribution in [2.45, 2.75) is 50.9 Å². The Balaban J connectivity index is 1.44. The van der Waals surface area contributed by atoms with Crippen molar-refractivity contribution < 1.29 is 14.0 Å². The van der Waals surface area contributed by atoms with E-state index >= 15 is 0 Å². The third-order valence-electron chi connectivity index (χ3n) is 7.97. The Labute approximate surface area is 188 Å². The molecule has 2 unspecified atom stereocenters. The van der Waals surface area contributed by atoms with Crippen molar-refractivity contribution in [2.24, 2.45) is 0 Å². The molecule has 4 heteroatoms. The number of rotatable bonds is 1. The van der Waals surface area contributed by atoms with Crippen molar-refractivity contribution in [3.63, 3.8) is 0 Å². The van der Waals surface area contributed by atoms with Crippen molar-refractivity contribution >= 4 is 23.4 Å². The smallest absolute Gasteiger partial charge is 0.484 e. The first-order valence-corrected chi connectivity index (χ1v) is 11.5. The minimum Gasteiger partial charge on any atom is -0.484 e. The van der Waals surface area contributed by atoms with Gasteiger partial charge in [-0.15, -0.1) is 0 Å². The molecule has 0 amide bonds. The summed E-state index contributed by atoms with van der Waals surface area (Å²) in [5.41, 5.74) is 6.56. The van der Waals surface area contributed by atoms with E-state index in [0.717, 1.165) is 11.2 Å². The molecule has 3 nitrogen and oxygen atoms in total. The maximum absolute atomic E-state index is 6.55. The number of benzene rings is 3. The van der Waals surface area contributed by atoms with E-state index in [1.807, 2.05) is 0 Å². The van der Waals surface area contributed by atoms with Crippen molar-refractivity contribution in [3.05, 3.63) is 72.3 Å². The molecule has 0 bridgehead atoms. The summed E-state index contributed by atoms with van der Waals surface area (Å²) in [6.07, 6.45) is 8.70. The van der Waals surface area contributed by atoms with Gasteiger partial charge in [-0.2, -0.15) is 0 Å². The van der Waals surface area contributed by atoms with E-state index in [2.05, 4.69) is 94.5 Å². The number of hydrogen-bond acceptors (Lipinski definition) is 3. The summed E-state index contributed by atoms with van der Waals surface area (Å²) >= 11 is 0. The van der Waals surface area contributed by atoms with Crippen LogP contribution in [0, 0.1) is 0 Å². The second-order valence-corrected chi connectivity index (χ2v) is 10.3. The van der Waals surface area contributed by atoms with E-state index in [-0.39, 0.29) is 30.3 Å². The van der Waals surface area contributed by atoms with E-state index in [1.54, 1.807) is 0 Å². The minimum absolute atomic E-state index is 0.0759. The highest BCUT2D eigenvalue weighted by Crippen LogP contribution is 2.56. The Morgan fingerprint density at radius 1 is 0.812 bits per heavy atom. The first kappa shape index (κ1) is 18.7. The van der Waals surface area contributed by atoms with Crippen LogP contribution in [-0.2, 0) is 9.31 Å². The molecule has 4 aliphatic rings. The molecular formula is C28H25BO3. The second-order valence-electron chi connectivity index (χ2n) is 10.3. The molecule has 2 aliphatic carbocycles. The molecule has 0 N–H and O–H groups in total. The maximum Gasteiger partial charge on any atom is 0.494 e. The van der Waals surface area contributed by atoms with Crippen LogP contribution in [0.3, 0.4) is 0 Å². The SMILES string of the molecule is CC1(C)OB(c2cc3c4c(cccc4c2)-c2ccc4c(c2-3)OC2C=CC=CC42)OC1(C)C. The Bertz CT molecular complexity index is 1370. The molecule has 0 radical (unpaired) electrons. The van der Waals surface area contributed by atoms with Gasteiger partial charge < -0.3 is 14.0 Å². The Hall–Kier alpha value is -2.82. The summed E-state index contributed by atoms with van der Waals surface area (Å²) in [6.45, 7) is 8.40. The van der Waals surface area contributed by atoms with Gasteiger partial charge in [0.2, 0.25) is 0 Å². The van der Waals surface area contributed by atoms with Gasteiger partial charge in [-0.05, 0) is 66.7 Å². The molecule has 158 valence electrons. The molecule has 7 rings (SSSR count). The highest BCUT2D eigenvalue weighted by atomic mass is 16.7. The molecule has 1 fully saturated rings. The van der Waals surface area contributed by atoms with Crippen molar-refractivity contribution in [1.82, 2.24) is 0 Å². The van der Waals surface area contributed by atoms with Crippen molar-refractivity contribution in [2.75, 3.05) is 0 Å². The fourth-order valence-electron chi connectivity index (χ4n) is 5.58. The largest absolute Gasteiger partial charge is 0.494 e. The van der Waals surface area contributed by atoms with Crippen LogP contribution in [0.1, 0.15) is 39.2 Å². The number of ether oxygens (including phenoxy) is 1. The molecule has 3 aromatic carbocycles. The van der Waals surface area contributed by atoms with Gasteiger partial charge in [0, 0.05) is 17.0 Å². The zero-order chi connectivity index (χ0) is 21.8. The summed E-state index contributed by atoms with van der Waals surface area (Å²) in [6, 6.07) is 15.6. The first-order chi connectivity index (χ1) is 15.3. The number of fused-ring (bicyclic) bond motifs is 7. The van der Waals surface area contributed by atoms with Gasteiger partial charge in [0.05, 0.1) is 11.2 Å². The highest BCUT2D eigenvalue weighted by molar-refractivity contribution is 6.62. The molecule has 0 spiro atoms. The monoisotopic (exact) mass is 420 g/mol. The lowest BCUT2D eigenvalue weighted by molar-refractivity contribution is 0.00578. The van der Waals surface area contributed by atoms with E-state index in [1.165, 1.54) is 38.6 Å². The average Bonchev–Trinajstić information content (AvgIpc) is 3.37. The third-order valence-corrected chi connectivity index (χ3v) is 7.97. The Morgan fingerprint density at radius 3 is 2.41 bits per heavy atom. The normalized spacial score (nSPS) is 25.1. The van der Waals surface area contributed by atoms with Crippen LogP contribution in [0.5, 0.6) is 5.75 Å². The molecule has 2 heterocycles. The van der Waals surface area contributed by atoms with Gasteiger partial charge in [-0.25, -0.2) is 0 Å². The zero-order valence-corrected chi connectivity index (χ0v) is 18.8. The van der Waals surface area contributed by atoms with Crippen molar-refractivity contribution in [1.29, 1.82) is 0 Å². The van der Waals surface area contributed by atoms with E-state index in [9.17, 15) is 0 Å². The van der Waals surface area contributed by atoms with Gasteiger partial charge in [-0.3, -0.25) is 0 Å². The van der Waals surface area contributed by atoms with Crippen LogP contribution >= 0.6 is 0 Å². The predicted molar refractivity (Wildman–Crippen MR) is 130 cm³/mol. The van der Waals surface area contributed by atoms with E-state index in [4.69, 9.17) is 14.0 Å². The van der Waals surface area contributed by atoms with Gasteiger partial charge in [0.15, 0.2) is 0 Å². The van der Waals surface area contributed by atoms with Crippen LogP contribution in [0.25, 0.3) is 33.0 Å². The van der Waals surface area contributed by atoms with Crippen LogP contribution < -0.4 is 10.2 Å². The fraction of sp³-hybridized carbons (Fsp3) is 0.286. The summed E-state index contributed by atoms with van der Waals surface area (Å²) in [7, 11) is -0.389. The van der Waals surface area contributed by atoms with Crippen molar-refractivity contribution in [3.8, 4) is 28.0 Å². The maximum atomic E-state index is 6.55. The molecular weight excluding hydrogens is 395 g/mol. The highest BCUT2D eigenvalue weighted by Gasteiger charge is 2.52. The Kier molecular flexibility index (Phi) is 3.48. The van der Waals surface area contributed by atoms with Crippen LogP contribution in [0.4, 0.5) is 0 Å². The number of hydrogen-bond donors (Lipinski definition) is 0. The standard InChI is InChI=1S/C28H25BO3/c1-27(2)28(3,4)32-29(31-27)17-14-16-8-7-10-19-20-12-13-21-18-9-5-6-11-23(18)30-26(21)25(20)22(15-17)24(16)19/h5-15,18,23H,1-4H3. The van der Waals surface area contributed by atoms with Gasteiger partial charge in [0.1, 0.15) is 11.9 Å². The molecule has 2 atom stereocenters. The van der Waals surface area contributed by atoms with E-state index < -0.39 is 0 Å². The molecule has 2 aliphatic heterocycles. The van der Waals surface area contributed by atoms with Crippen LogP contribution in [-0.4, -0.2) is 24.4 Å². The second kappa shape index (κ2) is 5.95. The zero-order valence-electron chi connectivity index (χ0n) is 18.8. The topological polar surface area (TPSA) is 27.7 Å². The molecule has 0 saturated carbocycles. The lowest BCUT2D eigenvalue weighted by Crippen LogP contribution is -2.41. The molecule has 3 aromatic rings. The summed E-state index contributed by atoms with van der Waals surface area (Å²) in [5, 5.41) is 2.51. The summed E-state index contributed by atoms with van der Waals surface area (Å²) < 4.78 is 19.4. The quantitative estimate of drug-likeness (QED) is 0.367. The van der Waals surface area contributed by atoms with E-state index in [0.29, 0.717) is 0 Å². The number of allylic oxidation sites excluding steroid dienone is 2. The Morgan fingerprint density at radius 2 is 1.59 bits per heavy atom. The summed E-state index contributed by atoms with van der Waals surface area (Å²) in [4.78, 5) is 0. The summed E-state index contributed by atoms with van der Waals surface area (Å²) in [5.74, 6) is 1.31. The lowest BCUT2D eigenvalue weighted by Gasteiger charge is -2.32. The van der Waals surface area contributed by atoms with Gasteiger partial charge in [0.25, 0.3) is 0 Å². The average molecular weight is 420 g/mol. The lowest BCUT2D eigenvalue weighted by atomic mass is 9.77. The molecule has 0 aromatic heterocycles. The molecule has 1 saturated heterocycles. The first-order valence-electron chi connectivity index (χ1n) is 11.5. The minimum atomic E-state index is -0.389. The van der Waals surface area contributed by atoms with Crippen LogP contribution in [0.2, 0.25) is 0 Å². The third kappa shape index (κ3) is 2.29. The predicted octanol–water partition coefficient (Wildman–Crippen LogP) is 5.76.